The summed E-state index contributed by atoms with van der Waals surface area (Å²) in [6, 6.07) is 6.65. The van der Waals surface area contributed by atoms with E-state index in [1.54, 1.807) is 36.1 Å². The van der Waals surface area contributed by atoms with Crippen LogP contribution in [0.3, 0.4) is 0 Å². The number of carbonyl (C=O) groups excluding carboxylic acids is 1. The Morgan fingerprint density at radius 1 is 1.22 bits per heavy atom. The highest BCUT2D eigenvalue weighted by molar-refractivity contribution is 5.79. The van der Waals surface area contributed by atoms with Crippen molar-refractivity contribution in [3.63, 3.8) is 0 Å². The SMILES string of the molecule is CC(O)CN(C(=O)Cc1ccc(O)cc1)C(C)C. The molecule has 18 heavy (non-hydrogen) atoms. The number of phenols is 1. The number of hydrogen-bond acceptors (Lipinski definition) is 3. The maximum absolute atomic E-state index is 12.1. The molecule has 0 aromatic heterocycles. The minimum Gasteiger partial charge on any atom is -0.508 e. The van der Waals surface area contributed by atoms with Crippen LogP contribution in [0.15, 0.2) is 24.3 Å². The van der Waals surface area contributed by atoms with Gasteiger partial charge in [-0.05, 0) is 38.5 Å². The summed E-state index contributed by atoms with van der Waals surface area (Å²) in [5.74, 6) is 0.174. The topological polar surface area (TPSA) is 60.8 Å². The number of nitrogens with zero attached hydrogens (tertiary/aromatic N) is 1. The van der Waals surface area contributed by atoms with E-state index >= 15 is 0 Å². The van der Waals surface area contributed by atoms with Crippen LogP contribution < -0.4 is 0 Å². The zero-order chi connectivity index (χ0) is 13.7. The summed E-state index contributed by atoms with van der Waals surface area (Å²) < 4.78 is 0. The van der Waals surface area contributed by atoms with E-state index in [0.717, 1.165) is 5.56 Å². The van der Waals surface area contributed by atoms with Crippen LogP contribution >= 0.6 is 0 Å². The van der Waals surface area contributed by atoms with Crippen LogP contribution in [0, 0.1) is 0 Å². The second-order valence-corrected chi connectivity index (χ2v) is 4.83. The van der Waals surface area contributed by atoms with Crippen LogP contribution in [0.25, 0.3) is 0 Å². The van der Waals surface area contributed by atoms with Crippen molar-refractivity contribution < 1.29 is 15.0 Å². The molecule has 0 aliphatic heterocycles. The molecular weight excluding hydrogens is 230 g/mol. The number of rotatable bonds is 5. The van der Waals surface area contributed by atoms with Gasteiger partial charge in [-0.3, -0.25) is 4.79 Å². The van der Waals surface area contributed by atoms with Crippen molar-refractivity contribution >= 4 is 5.91 Å². The molecule has 1 atom stereocenters. The van der Waals surface area contributed by atoms with Crippen molar-refractivity contribution in [3.8, 4) is 5.75 Å². The molecule has 1 aromatic rings. The molecule has 1 unspecified atom stereocenters. The first-order valence-corrected chi connectivity index (χ1v) is 6.15. The summed E-state index contributed by atoms with van der Waals surface area (Å²) in [5.41, 5.74) is 0.856. The largest absolute Gasteiger partial charge is 0.508 e. The van der Waals surface area contributed by atoms with Gasteiger partial charge in [-0.1, -0.05) is 12.1 Å². The molecule has 0 bridgehead atoms. The van der Waals surface area contributed by atoms with E-state index in [4.69, 9.17) is 0 Å². The lowest BCUT2D eigenvalue weighted by Gasteiger charge is -2.28. The molecule has 0 aliphatic rings. The van der Waals surface area contributed by atoms with E-state index in [1.807, 2.05) is 13.8 Å². The van der Waals surface area contributed by atoms with Crippen molar-refractivity contribution in [2.75, 3.05) is 6.54 Å². The summed E-state index contributed by atoms with van der Waals surface area (Å²) in [4.78, 5) is 13.8. The zero-order valence-electron chi connectivity index (χ0n) is 11.1. The fourth-order valence-electron chi connectivity index (χ4n) is 1.78. The Kier molecular flexibility index (Phi) is 5.16. The highest BCUT2D eigenvalue weighted by atomic mass is 16.3. The standard InChI is InChI=1S/C14H21NO3/c1-10(2)15(9-11(3)16)14(18)8-12-4-6-13(17)7-5-12/h4-7,10-11,16-17H,8-9H2,1-3H3. The summed E-state index contributed by atoms with van der Waals surface area (Å²) in [5, 5.41) is 18.6. The minimum atomic E-state index is -0.531. The van der Waals surface area contributed by atoms with Crippen LogP contribution in [0.1, 0.15) is 26.3 Å². The number of aromatic hydroxyl groups is 1. The first kappa shape index (κ1) is 14.5. The van der Waals surface area contributed by atoms with Crippen molar-refractivity contribution in [1.82, 2.24) is 4.90 Å². The van der Waals surface area contributed by atoms with E-state index in [0.29, 0.717) is 6.54 Å². The summed E-state index contributed by atoms with van der Waals surface area (Å²) in [7, 11) is 0. The van der Waals surface area contributed by atoms with Gasteiger partial charge in [-0.15, -0.1) is 0 Å². The van der Waals surface area contributed by atoms with Crippen molar-refractivity contribution in [3.05, 3.63) is 29.8 Å². The third-order valence-electron chi connectivity index (χ3n) is 2.70. The van der Waals surface area contributed by atoms with Gasteiger partial charge in [0, 0.05) is 12.6 Å². The molecule has 0 heterocycles. The lowest BCUT2D eigenvalue weighted by molar-refractivity contribution is -0.133. The molecule has 0 saturated carbocycles. The van der Waals surface area contributed by atoms with Gasteiger partial charge in [0.15, 0.2) is 0 Å². The Morgan fingerprint density at radius 3 is 2.22 bits per heavy atom. The summed E-state index contributed by atoms with van der Waals surface area (Å²) in [6.45, 7) is 5.87. The highest BCUT2D eigenvalue weighted by Gasteiger charge is 2.18. The van der Waals surface area contributed by atoms with Crippen LogP contribution in [0.4, 0.5) is 0 Å². The molecule has 0 spiro atoms. The van der Waals surface area contributed by atoms with E-state index in [1.165, 1.54) is 0 Å². The number of phenolic OH excluding ortho intramolecular Hbond substituents is 1. The van der Waals surface area contributed by atoms with Crippen LogP contribution in [-0.4, -0.2) is 39.7 Å². The Bertz CT molecular complexity index is 385. The quantitative estimate of drug-likeness (QED) is 0.834. The molecule has 0 aliphatic carbocycles. The maximum atomic E-state index is 12.1. The maximum Gasteiger partial charge on any atom is 0.227 e. The van der Waals surface area contributed by atoms with Gasteiger partial charge in [0.25, 0.3) is 0 Å². The Morgan fingerprint density at radius 2 is 1.78 bits per heavy atom. The van der Waals surface area contributed by atoms with Gasteiger partial charge in [0.2, 0.25) is 5.91 Å². The first-order valence-electron chi connectivity index (χ1n) is 6.15. The van der Waals surface area contributed by atoms with Crippen LogP contribution in [0.2, 0.25) is 0 Å². The number of aliphatic hydroxyl groups is 1. The van der Waals surface area contributed by atoms with Gasteiger partial charge in [0.05, 0.1) is 12.5 Å². The molecule has 1 rings (SSSR count). The molecule has 0 radical (unpaired) electrons. The molecule has 0 saturated heterocycles. The third kappa shape index (κ3) is 4.37. The number of hydrogen-bond donors (Lipinski definition) is 2. The lowest BCUT2D eigenvalue weighted by atomic mass is 10.1. The summed E-state index contributed by atoms with van der Waals surface area (Å²) >= 11 is 0. The monoisotopic (exact) mass is 251 g/mol. The second kappa shape index (κ2) is 6.40. The number of benzene rings is 1. The Labute approximate surface area is 108 Å². The van der Waals surface area contributed by atoms with E-state index in [-0.39, 0.29) is 24.1 Å². The van der Waals surface area contributed by atoms with E-state index in [2.05, 4.69) is 0 Å². The normalized spacial score (nSPS) is 12.5. The smallest absolute Gasteiger partial charge is 0.227 e. The average Bonchev–Trinajstić information content (AvgIpc) is 2.28. The molecule has 100 valence electrons. The minimum absolute atomic E-state index is 0.0170. The zero-order valence-corrected chi connectivity index (χ0v) is 11.1. The van der Waals surface area contributed by atoms with E-state index in [9.17, 15) is 15.0 Å². The third-order valence-corrected chi connectivity index (χ3v) is 2.70. The first-order chi connectivity index (χ1) is 8.40. The van der Waals surface area contributed by atoms with E-state index < -0.39 is 6.10 Å². The summed E-state index contributed by atoms with van der Waals surface area (Å²) in [6.07, 6.45) is -0.248. The second-order valence-electron chi connectivity index (χ2n) is 4.83. The van der Waals surface area contributed by atoms with Gasteiger partial charge in [-0.2, -0.15) is 0 Å². The predicted molar refractivity (Wildman–Crippen MR) is 70.3 cm³/mol. The lowest BCUT2D eigenvalue weighted by Crippen LogP contribution is -2.42. The molecule has 1 amide bonds. The molecule has 4 heteroatoms. The van der Waals surface area contributed by atoms with Crippen LogP contribution in [0.5, 0.6) is 5.75 Å². The van der Waals surface area contributed by atoms with Crippen molar-refractivity contribution in [2.24, 2.45) is 0 Å². The molecule has 2 N–H and O–H groups in total. The average molecular weight is 251 g/mol. The van der Waals surface area contributed by atoms with Crippen molar-refractivity contribution in [2.45, 2.75) is 39.3 Å². The Hall–Kier alpha value is -1.55. The van der Waals surface area contributed by atoms with Crippen LogP contribution in [-0.2, 0) is 11.2 Å². The van der Waals surface area contributed by atoms with Gasteiger partial charge in [0.1, 0.15) is 5.75 Å². The van der Waals surface area contributed by atoms with Gasteiger partial charge >= 0.3 is 0 Å². The molecule has 4 nitrogen and oxygen atoms in total. The fraction of sp³-hybridized carbons (Fsp3) is 0.500. The number of aliphatic hydroxyl groups excluding tert-OH is 1. The molecular formula is C14H21NO3. The highest BCUT2D eigenvalue weighted by Crippen LogP contribution is 2.12. The van der Waals surface area contributed by atoms with Crippen molar-refractivity contribution in [1.29, 1.82) is 0 Å². The molecule has 0 fully saturated rings. The van der Waals surface area contributed by atoms with Gasteiger partial charge < -0.3 is 15.1 Å². The number of carbonyl (C=O) groups is 1. The molecule has 1 aromatic carbocycles. The predicted octanol–water partition coefficient (Wildman–Crippen LogP) is 1.55. The number of amides is 1. The fourth-order valence-corrected chi connectivity index (χ4v) is 1.78. The Balaban J connectivity index is 2.69. The van der Waals surface area contributed by atoms with Gasteiger partial charge in [-0.25, -0.2) is 0 Å².